The highest BCUT2D eigenvalue weighted by molar-refractivity contribution is 7.89. The van der Waals surface area contributed by atoms with Crippen LogP contribution in [0.3, 0.4) is 0 Å². The Balaban J connectivity index is 1.80. The number of hydrogen-bond acceptors (Lipinski definition) is 5. The number of nitrogens with one attached hydrogen (secondary N) is 2. The van der Waals surface area contributed by atoms with E-state index in [-0.39, 0.29) is 4.90 Å². The minimum atomic E-state index is -3.82. The average Bonchev–Trinajstić information content (AvgIpc) is 2.60. The van der Waals surface area contributed by atoms with Crippen LogP contribution in [-0.2, 0) is 24.3 Å². The number of carbonyl (C=O) groups is 2. The van der Waals surface area contributed by atoms with E-state index in [0.717, 1.165) is 11.1 Å². The molecule has 2 N–H and O–H groups in total. The quantitative estimate of drug-likeness (QED) is 0.717. The summed E-state index contributed by atoms with van der Waals surface area (Å²) < 4.78 is 31.1. The van der Waals surface area contributed by atoms with Gasteiger partial charge < -0.3 is 10.1 Å². The summed E-state index contributed by atoms with van der Waals surface area (Å²) in [6.45, 7) is 2.61. The number of hydrogen-bond donors (Lipinski definition) is 2. The molecule has 7 nitrogen and oxygen atoms in total. The molecular formula is C18H20N2O5S. The fourth-order valence-corrected chi connectivity index (χ4v) is 3.02. The number of carbonyl (C=O) groups excluding carboxylic acids is 2. The van der Waals surface area contributed by atoms with Crippen molar-refractivity contribution in [1.82, 2.24) is 4.72 Å². The number of benzene rings is 2. The number of esters is 1. The summed E-state index contributed by atoms with van der Waals surface area (Å²) in [6.07, 6.45) is 0. The van der Waals surface area contributed by atoms with E-state index in [1.54, 1.807) is 24.3 Å². The van der Waals surface area contributed by atoms with E-state index in [4.69, 9.17) is 4.74 Å². The van der Waals surface area contributed by atoms with Crippen molar-refractivity contribution >= 4 is 27.6 Å². The van der Waals surface area contributed by atoms with Crippen molar-refractivity contribution in [3.05, 3.63) is 59.7 Å². The van der Waals surface area contributed by atoms with E-state index in [0.29, 0.717) is 5.69 Å². The Bertz CT molecular complexity index is 892. The highest BCUT2D eigenvalue weighted by Crippen LogP contribution is 2.13. The summed E-state index contributed by atoms with van der Waals surface area (Å²) in [5.74, 6) is -1.35. The molecule has 0 atom stereocenters. The minimum absolute atomic E-state index is 0.0493. The number of aryl methyl sites for hydroxylation is 2. The van der Waals surface area contributed by atoms with Crippen LogP contribution in [-0.4, -0.2) is 33.4 Å². The van der Waals surface area contributed by atoms with Gasteiger partial charge in [-0.2, -0.15) is 4.72 Å². The molecule has 0 fully saturated rings. The van der Waals surface area contributed by atoms with Crippen molar-refractivity contribution in [2.24, 2.45) is 0 Å². The zero-order valence-electron chi connectivity index (χ0n) is 14.5. The van der Waals surface area contributed by atoms with Gasteiger partial charge in [0.25, 0.3) is 5.91 Å². The number of rotatable bonds is 7. The second-order valence-corrected chi connectivity index (χ2v) is 7.43. The third-order valence-corrected chi connectivity index (χ3v) is 4.94. The van der Waals surface area contributed by atoms with Gasteiger partial charge in [-0.05, 0) is 37.6 Å². The number of sulfonamides is 1. The predicted octanol–water partition coefficient (Wildman–Crippen LogP) is 1.76. The van der Waals surface area contributed by atoms with Crippen molar-refractivity contribution in [2.45, 2.75) is 18.7 Å². The van der Waals surface area contributed by atoms with E-state index in [2.05, 4.69) is 10.0 Å². The lowest BCUT2D eigenvalue weighted by molar-refractivity contribution is -0.146. The van der Waals surface area contributed by atoms with E-state index >= 15 is 0 Å². The lowest BCUT2D eigenvalue weighted by atomic mass is 10.2. The maximum atomic E-state index is 12.1. The van der Waals surface area contributed by atoms with Crippen molar-refractivity contribution < 1.29 is 22.7 Å². The molecule has 0 heterocycles. The predicted molar refractivity (Wildman–Crippen MR) is 97.1 cm³/mol. The molecule has 8 heteroatoms. The molecule has 0 bridgehead atoms. The molecule has 1 amide bonds. The van der Waals surface area contributed by atoms with E-state index in [1.165, 1.54) is 12.1 Å². The van der Waals surface area contributed by atoms with Crippen molar-refractivity contribution in [3.8, 4) is 0 Å². The minimum Gasteiger partial charge on any atom is -0.455 e. The van der Waals surface area contributed by atoms with Gasteiger partial charge in [-0.1, -0.05) is 35.9 Å². The largest absolute Gasteiger partial charge is 0.455 e. The average molecular weight is 376 g/mol. The molecule has 2 aromatic carbocycles. The van der Waals surface area contributed by atoms with Crippen molar-refractivity contribution in [1.29, 1.82) is 0 Å². The Hall–Kier alpha value is -2.71. The lowest BCUT2D eigenvalue weighted by Crippen LogP contribution is -2.32. The van der Waals surface area contributed by atoms with Crippen LogP contribution in [0.5, 0.6) is 0 Å². The third-order valence-electron chi connectivity index (χ3n) is 3.52. The molecule has 26 heavy (non-hydrogen) atoms. The lowest BCUT2D eigenvalue weighted by Gasteiger charge is -2.09. The molecule has 138 valence electrons. The van der Waals surface area contributed by atoms with Crippen molar-refractivity contribution in [2.75, 3.05) is 18.5 Å². The molecule has 0 spiro atoms. The number of ether oxygens (including phenoxy) is 1. The molecule has 0 saturated carbocycles. The highest BCUT2D eigenvalue weighted by atomic mass is 32.2. The number of para-hydroxylation sites is 1. The molecule has 0 aliphatic heterocycles. The second kappa shape index (κ2) is 8.59. The normalized spacial score (nSPS) is 11.0. The van der Waals surface area contributed by atoms with Crippen LogP contribution in [0, 0.1) is 13.8 Å². The molecule has 0 unspecified atom stereocenters. The molecular weight excluding hydrogens is 356 g/mol. The third kappa shape index (κ3) is 5.68. The topological polar surface area (TPSA) is 102 Å². The molecule has 0 aliphatic rings. The van der Waals surface area contributed by atoms with Crippen LogP contribution in [0.4, 0.5) is 5.69 Å². The van der Waals surface area contributed by atoms with Gasteiger partial charge in [0.1, 0.15) is 6.54 Å². The Kier molecular flexibility index (Phi) is 6.48. The highest BCUT2D eigenvalue weighted by Gasteiger charge is 2.16. The Labute approximate surface area is 152 Å². The summed E-state index contributed by atoms with van der Waals surface area (Å²) in [5, 5.41) is 2.61. The van der Waals surface area contributed by atoms with Gasteiger partial charge in [0, 0.05) is 5.69 Å². The van der Waals surface area contributed by atoms with Gasteiger partial charge in [-0.15, -0.1) is 0 Å². The second-order valence-electron chi connectivity index (χ2n) is 5.66. The Morgan fingerprint density at radius 2 is 1.65 bits per heavy atom. The number of amides is 1. The fraction of sp³-hybridized carbons (Fsp3) is 0.222. The summed E-state index contributed by atoms with van der Waals surface area (Å²) in [7, 11) is -3.82. The van der Waals surface area contributed by atoms with Crippen LogP contribution >= 0.6 is 0 Å². The van der Waals surface area contributed by atoms with Gasteiger partial charge >= 0.3 is 5.97 Å². The van der Waals surface area contributed by atoms with E-state index in [1.807, 2.05) is 26.0 Å². The molecule has 0 radical (unpaired) electrons. The van der Waals surface area contributed by atoms with Crippen molar-refractivity contribution in [3.63, 3.8) is 0 Å². The zero-order valence-corrected chi connectivity index (χ0v) is 15.3. The molecule has 0 aromatic heterocycles. The fourth-order valence-electron chi connectivity index (χ4n) is 2.05. The first-order chi connectivity index (χ1) is 12.3. The first-order valence-electron chi connectivity index (χ1n) is 7.85. The summed E-state index contributed by atoms with van der Waals surface area (Å²) in [4.78, 5) is 23.5. The van der Waals surface area contributed by atoms with Gasteiger partial charge in [0.15, 0.2) is 6.61 Å². The van der Waals surface area contributed by atoms with Crippen LogP contribution in [0.1, 0.15) is 11.1 Å². The first kappa shape index (κ1) is 19.6. The van der Waals surface area contributed by atoms with Crippen LogP contribution in [0.25, 0.3) is 0 Å². The maximum Gasteiger partial charge on any atom is 0.321 e. The zero-order chi connectivity index (χ0) is 19.2. The van der Waals surface area contributed by atoms with Gasteiger partial charge in [-0.3, -0.25) is 9.59 Å². The standard InChI is InChI=1S/C18H20N2O5S/c1-13-7-9-15(10-8-13)26(23,24)19-11-18(22)25-12-17(21)20-16-6-4-3-5-14(16)2/h3-10,19H,11-12H2,1-2H3,(H,20,21). The van der Waals surface area contributed by atoms with E-state index in [9.17, 15) is 18.0 Å². The van der Waals surface area contributed by atoms with Crippen LogP contribution < -0.4 is 10.0 Å². The molecule has 2 aromatic rings. The Morgan fingerprint density at radius 3 is 2.31 bits per heavy atom. The van der Waals surface area contributed by atoms with Gasteiger partial charge in [0.05, 0.1) is 4.90 Å². The maximum absolute atomic E-state index is 12.1. The van der Waals surface area contributed by atoms with Crippen LogP contribution in [0.15, 0.2) is 53.4 Å². The smallest absolute Gasteiger partial charge is 0.321 e. The Morgan fingerprint density at radius 1 is 1.00 bits per heavy atom. The molecule has 2 rings (SSSR count). The molecule has 0 aliphatic carbocycles. The summed E-state index contributed by atoms with van der Waals surface area (Å²) in [5.41, 5.74) is 2.41. The monoisotopic (exact) mass is 376 g/mol. The SMILES string of the molecule is Cc1ccc(S(=O)(=O)NCC(=O)OCC(=O)Nc2ccccc2C)cc1. The van der Waals surface area contributed by atoms with Crippen LogP contribution in [0.2, 0.25) is 0 Å². The first-order valence-corrected chi connectivity index (χ1v) is 9.34. The van der Waals surface area contributed by atoms with Gasteiger partial charge in [-0.25, -0.2) is 8.42 Å². The van der Waals surface area contributed by atoms with Gasteiger partial charge in [0.2, 0.25) is 10.0 Å². The summed E-state index contributed by atoms with van der Waals surface area (Å²) >= 11 is 0. The summed E-state index contributed by atoms with van der Waals surface area (Å²) in [6, 6.07) is 13.4. The molecule has 0 saturated heterocycles. The number of anilines is 1. The van der Waals surface area contributed by atoms with E-state index < -0.39 is 35.1 Å².